The Morgan fingerprint density at radius 1 is 0.473 bits per heavy atom. The Kier molecular flexibility index (Phi) is 19.3. The second-order valence-electron chi connectivity index (χ2n) is 18.1. The van der Waals surface area contributed by atoms with Gasteiger partial charge in [0.05, 0.1) is 62.7 Å². The number of rotatable bonds is 12. The Labute approximate surface area is 326 Å². The largest absolute Gasteiger partial charge is 0.478 e. The molecule has 0 aliphatic carbocycles. The van der Waals surface area contributed by atoms with Crippen LogP contribution in [0.1, 0.15) is 129 Å². The molecule has 0 aliphatic rings. The van der Waals surface area contributed by atoms with Crippen molar-refractivity contribution in [3.8, 4) is 0 Å². The van der Waals surface area contributed by atoms with E-state index in [1.54, 1.807) is 0 Å². The van der Waals surface area contributed by atoms with Crippen LogP contribution in [0.3, 0.4) is 0 Å². The number of phosphoric acid groups is 2. The number of hydrogen-bond donors (Lipinski definition) is 12. The Hall–Kier alpha value is -1.62. The third-order valence-corrected chi connectivity index (χ3v) is 11.0. The molecule has 17 heteroatoms. The molecule has 2 unspecified atom stereocenters. The smallest absolute Gasteiger partial charge is 0.395 e. The van der Waals surface area contributed by atoms with Crippen LogP contribution in [0.5, 0.6) is 0 Å². The first kappa shape index (κ1) is 53.4. The molecule has 2 rings (SSSR count). The lowest BCUT2D eigenvalue weighted by Gasteiger charge is -2.36. The first-order chi connectivity index (χ1) is 24.6. The fourth-order valence-electron chi connectivity index (χ4n) is 5.44. The van der Waals surface area contributed by atoms with E-state index in [4.69, 9.17) is 19.6 Å². The van der Waals surface area contributed by atoms with Gasteiger partial charge in [0.2, 0.25) is 0 Å². The first-order valence-corrected chi connectivity index (χ1v) is 20.8. The highest BCUT2D eigenvalue weighted by atomic mass is 31.3. The van der Waals surface area contributed by atoms with Crippen LogP contribution < -0.4 is 0 Å². The summed E-state index contributed by atoms with van der Waals surface area (Å²) in [6.45, 7) is 22.2. The zero-order valence-corrected chi connectivity index (χ0v) is 36.1. The van der Waals surface area contributed by atoms with Crippen molar-refractivity contribution in [2.24, 2.45) is 10.8 Å². The molecule has 0 saturated heterocycles. The van der Waals surface area contributed by atoms with Gasteiger partial charge in [-0.1, -0.05) is 119 Å². The van der Waals surface area contributed by atoms with Crippen molar-refractivity contribution in [2.75, 3.05) is 39.6 Å². The van der Waals surface area contributed by atoms with E-state index >= 15 is 0 Å². The van der Waals surface area contributed by atoms with Gasteiger partial charge in [-0.3, -0.25) is 0 Å². The van der Waals surface area contributed by atoms with Gasteiger partial charge in [-0.15, -0.1) is 0 Å². The third-order valence-electron chi connectivity index (χ3n) is 9.31. The monoisotopic (exact) mass is 826 g/mol. The highest BCUT2D eigenvalue weighted by Crippen LogP contribution is 2.54. The van der Waals surface area contributed by atoms with E-state index in [1.807, 2.05) is 24.3 Å². The zero-order valence-electron chi connectivity index (χ0n) is 34.3. The molecule has 2 atom stereocenters. The van der Waals surface area contributed by atoms with E-state index in [9.17, 15) is 50.0 Å². The maximum Gasteiger partial charge on any atom is 0.478 e. The van der Waals surface area contributed by atoms with Crippen molar-refractivity contribution in [1.29, 1.82) is 0 Å². The average molecular weight is 827 g/mol. The molecule has 0 aliphatic heterocycles. The van der Waals surface area contributed by atoms with Gasteiger partial charge in [0, 0.05) is 0 Å². The molecule has 0 amide bonds. The van der Waals surface area contributed by atoms with Crippen LogP contribution in [0.25, 0.3) is 0 Å². The number of aliphatic hydroxyl groups is 8. The van der Waals surface area contributed by atoms with E-state index in [0.29, 0.717) is 11.1 Å². The Morgan fingerprint density at radius 3 is 0.855 bits per heavy atom. The predicted molar refractivity (Wildman–Crippen MR) is 210 cm³/mol. The number of benzene rings is 2. The van der Waals surface area contributed by atoms with Crippen LogP contribution in [0.15, 0.2) is 36.4 Å². The summed E-state index contributed by atoms with van der Waals surface area (Å²) in [5.41, 5.74) is 2.30. The minimum Gasteiger partial charge on any atom is -0.395 e. The van der Waals surface area contributed by atoms with Crippen LogP contribution in [0.4, 0.5) is 0 Å². The van der Waals surface area contributed by atoms with Crippen molar-refractivity contribution >= 4 is 15.6 Å². The van der Waals surface area contributed by atoms with Gasteiger partial charge >= 0.3 is 15.6 Å². The van der Waals surface area contributed by atoms with Crippen LogP contribution in [-0.4, -0.2) is 100 Å². The molecule has 2 aromatic carbocycles. The van der Waals surface area contributed by atoms with Gasteiger partial charge in [0.25, 0.3) is 0 Å². The minimum atomic E-state index is -5.05. The molecule has 2 aromatic rings. The van der Waals surface area contributed by atoms with Crippen LogP contribution in [0.2, 0.25) is 0 Å². The summed E-state index contributed by atoms with van der Waals surface area (Å²) in [5, 5.41) is 79.2. The lowest BCUT2D eigenvalue weighted by molar-refractivity contribution is -0.0861. The molecule has 0 heterocycles. The van der Waals surface area contributed by atoms with Gasteiger partial charge in [0.15, 0.2) is 0 Å². The van der Waals surface area contributed by atoms with Crippen LogP contribution >= 0.6 is 15.6 Å². The summed E-state index contributed by atoms with van der Waals surface area (Å²) in [4.78, 5) is 31.0. The molecular formula is C38H68O15P2. The summed E-state index contributed by atoms with van der Waals surface area (Å²) < 4.78 is 22.2. The van der Waals surface area contributed by atoms with Crippen molar-refractivity contribution in [3.05, 3.63) is 69.8 Å². The fraction of sp³-hybridized carbons (Fsp3) is 0.684. The molecule has 55 heavy (non-hydrogen) atoms. The Morgan fingerprint density at radius 2 is 0.709 bits per heavy atom. The summed E-state index contributed by atoms with van der Waals surface area (Å²) in [5.74, 6) is 0. The van der Waals surface area contributed by atoms with Crippen LogP contribution in [-0.2, 0) is 35.1 Å². The van der Waals surface area contributed by atoms with Gasteiger partial charge < -0.3 is 60.4 Å². The van der Waals surface area contributed by atoms with Crippen molar-refractivity contribution in [1.82, 2.24) is 0 Å². The normalized spacial score (nSPS) is 14.7. The second-order valence-corrected chi connectivity index (χ2v) is 20.8. The molecule has 12 N–H and O–H groups in total. The van der Waals surface area contributed by atoms with E-state index in [1.165, 1.54) is 0 Å². The lowest BCUT2D eigenvalue weighted by Crippen LogP contribution is -2.41. The number of aliphatic hydroxyl groups excluding tert-OH is 8. The summed E-state index contributed by atoms with van der Waals surface area (Å²) >= 11 is 0. The van der Waals surface area contributed by atoms with E-state index < -0.39 is 78.3 Å². The molecule has 15 nitrogen and oxygen atoms in total. The van der Waals surface area contributed by atoms with E-state index in [0.717, 1.165) is 22.3 Å². The van der Waals surface area contributed by atoms with Crippen molar-refractivity contribution in [2.45, 2.75) is 117 Å². The minimum absolute atomic E-state index is 0.0223. The van der Waals surface area contributed by atoms with Gasteiger partial charge in [-0.2, -0.15) is 4.31 Å². The molecule has 0 fully saturated rings. The van der Waals surface area contributed by atoms with Gasteiger partial charge in [-0.05, 0) is 55.0 Å². The highest BCUT2D eigenvalue weighted by Gasteiger charge is 2.41. The summed E-state index contributed by atoms with van der Waals surface area (Å²) in [6, 6.07) is 11.8. The molecule has 0 radical (unpaired) electrons. The fourth-order valence-corrected chi connectivity index (χ4v) is 6.55. The predicted octanol–water partition coefficient (Wildman–Crippen LogP) is 3.75. The van der Waals surface area contributed by atoms with Crippen molar-refractivity contribution in [3.63, 3.8) is 0 Å². The molecule has 320 valence electrons. The second kappa shape index (κ2) is 19.9. The van der Waals surface area contributed by atoms with Gasteiger partial charge in [0.1, 0.15) is 0 Å². The lowest BCUT2D eigenvalue weighted by atomic mass is 9.73. The highest BCUT2D eigenvalue weighted by molar-refractivity contribution is 7.60. The molecular weight excluding hydrogens is 758 g/mol. The average Bonchev–Trinajstić information content (AvgIpc) is 3.03. The first-order valence-electron chi connectivity index (χ1n) is 17.7. The maximum atomic E-state index is 10.8. The molecule has 0 bridgehead atoms. The van der Waals surface area contributed by atoms with Crippen LogP contribution in [0, 0.1) is 10.8 Å². The van der Waals surface area contributed by atoms with Crippen molar-refractivity contribution < 1.29 is 73.9 Å². The quantitative estimate of drug-likeness (QED) is 0.136. The van der Waals surface area contributed by atoms with E-state index in [2.05, 4.69) is 99.5 Å². The SMILES string of the molecule is CC(C)(C)c1ccc(C(O)C(CO)(CO)CO)c(C(C)(C)C)c1.CC(C)(C)c1ccc(C(O)C(CO)(CO)CO)c(C(C)(C)C)c1.O=P(O)(O)OP(=O)(O)O. The topological polar surface area (TPSA) is 286 Å². The zero-order chi connectivity index (χ0) is 43.8. The molecule has 0 saturated carbocycles. The number of hydrogen-bond acceptors (Lipinski definition) is 11. The van der Waals surface area contributed by atoms with Gasteiger partial charge in [-0.25, -0.2) is 9.13 Å². The maximum absolute atomic E-state index is 10.8. The molecule has 0 spiro atoms. The third kappa shape index (κ3) is 15.6. The Bertz CT molecular complexity index is 1450. The summed E-state index contributed by atoms with van der Waals surface area (Å²) in [7, 11) is -10.1. The standard InChI is InChI=1S/2C19H32O4.H4O7P2/c2*1-17(2,3)13-7-8-14(15(9-13)18(4,5)6)16(23)19(10-20,11-21)12-22;1-8(2,3)7-9(4,5)6/h2*7-9,16,20-23H,10-12H2,1-6H3;(H2,1,2,3)(H2,4,5,6). The summed E-state index contributed by atoms with van der Waals surface area (Å²) in [6.07, 6.45) is -2.29. The molecule has 0 aromatic heterocycles. The van der Waals surface area contributed by atoms with E-state index in [-0.39, 0.29) is 21.7 Å². The Balaban J connectivity index is 0.000000870.